The second-order valence-electron chi connectivity index (χ2n) is 8.39. The minimum absolute atomic E-state index is 0.0235. The Bertz CT molecular complexity index is 1260. The van der Waals surface area contributed by atoms with E-state index in [0.717, 1.165) is 18.9 Å². The second-order valence-corrected chi connectivity index (χ2v) is 8.39. The quantitative estimate of drug-likeness (QED) is 0.569. The lowest BCUT2D eigenvalue weighted by molar-refractivity contribution is -0.139. The first-order valence-corrected chi connectivity index (χ1v) is 10.3. The zero-order valence-corrected chi connectivity index (χ0v) is 17.3. The summed E-state index contributed by atoms with van der Waals surface area (Å²) in [4.78, 5) is 18.0. The first-order chi connectivity index (χ1) is 15.6. The van der Waals surface area contributed by atoms with Gasteiger partial charge in [0, 0.05) is 19.1 Å². The van der Waals surface area contributed by atoms with Crippen molar-refractivity contribution in [2.45, 2.75) is 49.7 Å². The van der Waals surface area contributed by atoms with Crippen LogP contribution in [0.2, 0.25) is 0 Å². The topological polar surface area (TPSA) is 104 Å². The standard InChI is InChI=1S/C21H19F4N5O3/c1-30(14-4-9-2-3-13(27-9)18(14)22)17-7-26-20(29-28-17)10-6-16-11(5-15(10)31)19(32)12(8-33-16)21(23,24)25/h5-9,13-14,18,27,31H,2-4H2,1H3/t9?,13-,14+,18-/m1/s1. The van der Waals surface area contributed by atoms with Crippen molar-refractivity contribution in [2.24, 2.45) is 0 Å². The van der Waals surface area contributed by atoms with E-state index in [2.05, 4.69) is 20.5 Å². The lowest BCUT2D eigenvalue weighted by Gasteiger charge is -2.38. The van der Waals surface area contributed by atoms with Gasteiger partial charge in [0.25, 0.3) is 0 Å². The van der Waals surface area contributed by atoms with Gasteiger partial charge < -0.3 is 19.7 Å². The Kier molecular flexibility index (Phi) is 5.00. The number of aromatic nitrogens is 3. The van der Waals surface area contributed by atoms with E-state index in [-0.39, 0.29) is 35.1 Å². The summed E-state index contributed by atoms with van der Waals surface area (Å²) in [7, 11) is 1.72. The van der Waals surface area contributed by atoms with Crippen LogP contribution >= 0.6 is 0 Å². The summed E-state index contributed by atoms with van der Waals surface area (Å²) in [5.41, 5.74) is -2.92. The molecule has 0 saturated carbocycles. The number of hydrogen-bond acceptors (Lipinski definition) is 8. The third-order valence-corrected chi connectivity index (χ3v) is 6.40. The normalized spacial score (nSPS) is 24.9. The molecule has 2 N–H and O–H groups in total. The first-order valence-electron chi connectivity index (χ1n) is 10.3. The van der Waals surface area contributed by atoms with E-state index >= 15 is 0 Å². The molecule has 0 radical (unpaired) electrons. The Morgan fingerprint density at radius 2 is 2.03 bits per heavy atom. The third-order valence-electron chi connectivity index (χ3n) is 6.40. The number of rotatable bonds is 3. The van der Waals surface area contributed by atoms with Crippen LogP contribution < -0.4 is 15.6 Å². The molecule has 8 nitrogen and oxygen atoms in total. The monoisotopic (exact) mass is 465 g/mol. The van der Waals surface area contributed by atoms with Crippen LogP contribution in [0, 0.1) is 0 Å². The Balaban J connectivity index is 1.45. The maximum absolute atomic E-state index is 14.8. The SMILES string of the molecule is CN(c1cnc(-c2cc3occ(C(F)(F)F)c(=O)c3cc2O)nn1)[C@H]1CC2CC[C@@H](N2)[C@H]1F. The van der Waals surface area contributed by atoms with Crippen LogP contribution in [0.3, 0.4) is 0 Å². The van der Waals surface area contributed by atoms with Crippen LogP contribution in [0.15, 0.2) is 33.8 Å². The minimum Gasteiger partial charge on any atom is -0.507 e. The number of piperidine rings is 1. The van der Waals surface area contributed by atoms with Crippen molar-refractivity contribution in [3.8, 4) is 17.1 Å². The van der Waals surface area contributed by atoms with Crippen LogP contribution in [0.1, 0.15) is 24.8 Å². The number of fused-ring (bicyclic) bond motifs is 3. The predicted molar refractivity (Wildman–Crippen MR) is 110 cm³/mol. The molecular weight excluding hydrogens is 446 g/mol. The maximum Gasteiger partial charge on any atom is 0.423 e. The second kappa shape index (κ2) is 7.65. The van der Waals surface area contributed by atoms with Crippen molar-refractivity contribution in [3.05, 3.63) is 40.4 Å². The fourth-order valence-electron chi connectivity index (χ4n) is 4.61. The van der Waals surface area contributed by atoms with E-state index in [4.69, 9.17) is 4.42 Å². The Morgan fingerprint density at radius 3 is 2.73 bits per heavy atom. The van der Waals surface area contributed by atoms with Gasteiger partial charge in [0.2, 0.25) is 5.43 Å². The molecule has 4 heterocycles. The molecule has 2 saturated heterocycles. The molecule has 2 fully saturated rings. The highest BCUT2D eigenvalue weighted by molar-refractivity contribution is 5.85. The number of aromatic hydroxyl groups is 1. The number of phenols is 1. The van der Waals surface area contributed by atoms with Gasteiger partial charge in [0.15, 0.2) is 11.6 Å². The zero-order chi connectivity index (χ0) is 23.5. The highest BCUT2D eigenvalue weighted by atomic mass is 19.4. The molecule has 2 aromatic heterocycles. The molecule has 174 valence electrons. The third kappa shape index (κ3) is 3.67. The molecule has 1 aromatic carbocycles. The van der Waals surface area contributed by atoms with Gasteiger partial charge in [0.05, 0.1) is 23.2 Å². The number of halogens is 4. The molecule has 0 amide bonds. The average Bonchev–Trinajstić information content (AvgIpc) is 3.19. The van der Waals surface area contributed by atoms with Crippen LogP contribution in [0.25, 0.3) is 22.4 Å². The Labute approximate surface area is 184 Å². The highest BCUT2D eigenvalue weighted by Crippen LogP contribution is 2.35. The number of phenolic OH excluding ortho intramolecular Hbond substituents is 1. The molecular formula is C21H19F4N5O3. The molecule has 5 rings (SSSR count). The van der Waals surface area contributed by atoms with Gasteiger partial charge in [-0.05, 0) is 31.4 Å². The van der Waals surface area contributed by atoms with Gasteiger partial charge in [-0.15, -0.1) is 10.2 Å². The lowest BCUT2D eigenvalue weighted by atomic mass is 9.96. The number of hydrogen-bond donors (Lipinski definition) is 2. The number of benzene rings is 1. The molecule has 0 spiro atoms. The van der Waals surface area contributed by atoms with Crippen molar-refractivity contribution < 1.29 is 27.1 Å². The van der Waals surface area contributed by atoms with E-state index in [1.807, 2.05) is 0 Å². The molecule has 2 bridgehead atoms. The van der Waals surface area contributed by atoms with Gasteiger partial charge in [-0.3, -0.25) is 4.79 Å². The van der Waals surface area contributed by atoms with Crippen molar-refractivity contribution in [2.75, 3.05) is 11.9 Å². The molecule has 0 aliphatic carbocycles. The lowest BCUT2D eigenvalue weighted by Crippen LogP contribution is -2.55. The summed E-state index contributed by atoms with van der Waals surface area (Å²) in [5.74, 6) is -0.193. The van der Waals surface area contributed by atoms with E-state index in [0.29, 0.717) is 18.5 Å². The average molecular weight is 465 g/mol. The summed E-state index contributed by atoms with van der Waals surface area (Å²) in [5, 5.41) is 21.3. The zero-order valence-electron chi connectivity index (χ0n) is 17.3. The largest absolute Gasteiger partial charge is 0.507 e. The van der Waals surface area contributed by atoms with Crippen molar-refractivity contribution in [3.63, 3.8) is 0 Å². The molecule has 1 unspecified atom stereocenters. The van der Waals surface area contributed by atoms with Crippen LogP contribution in [-0.4, -0.2) is 51.6 Å². The summed E-state index contributed by atoms with van der Waals surface area (Å²) in [6.07, 6.45) is -1.88. The van der Waals surface area contributed by atoms with E-state index in [1.54, 1.807) is 11.9 Å². The number of anilines is 1. The maximum atomic E-state index is 14.8. The summed E-state index contributed by atoms with van der Waals surface area (Å²) < 4.78 is 58.7. The van der Waals surface area contributed by atoms with E-state index in [9.17, 15) is 27.5 Å². The number of alkyl halides is 4. The molecule has 4 atom stereocenters. The summed E-state index contributed by atoms with van der Waals surface area (Å²) >= 11 is 0. The Morgan fingerprint density at radius 1 is 1.24 bits per heavy atom. The van der Waals surface area contributed by atoms with Gasteiger partial charge in [-0.1, -0.05) is 0 Å². The predicted octanol–water partition coefficient (Wildman–Crippen LogP) is 3.04. The Hall–Kier alpha value is -3.28. The molecule has 2 aliphatic rings. The molecule has 12 heteroatoms. The van der Waals surface area contributed by atoms with Crippen LogP contribution in [0.5, 0.6) is 5.75 Å². The van der Waals surface area contributed by atoms with Gasteiger partial charge in [0.1, 0.15) is 29.3 Å². The summed E-state index contributed by atoms with van der Waals surface area (Å²) in [6, 6.07) is 1.76. The number of nitrogens with zero attached hydrogens (tertiary/aromatic N) is 4. The fraction of sp³-hybridized carbons (Fsp3) is 0.429. The van der Waals surface area contributed by atoms with E-state index in [1.165, 1.54) is 12.3 Å². The van der Waals surface area contributed by atoms with Gasteiger partial charge >= 0.3 is 6.18 Å². The smallest absolute Gasteiger partial charge is 0.423 e. The highest BCUT2D eigenvalue weighted by Gasteiger charge is 2.44. The van der Waals surface area contributed by atoms with Crippen molar-refractivity contribution in [1.82, 2.24) is 20.5 Å². The molecule has 3 aromatic rings. The van der Waals surface area contributed by atoms with Crippen LogP contribution in [0.4, 0.5) is 23.4 Å². The van der Waals surface area contributed by atoms with Crippen molar-refractivity contribution >= 4 is 16.8 Å². The molecule has 33 heavy (non-hydrogen) atoms. The molecule has 2 aliphatic heterocycles. The van der Waals surface area contributed by atoms with Gasteiger partial charge in [-0.25, -0.2) is 9.37 Å². The van der Waals surface area contributed by atoms with E-state index < -0.39 is 34.5 Å². The first kappa shape index (κ1) is 21.6. The summed E-state index contributed by atoms with van der Waals surface area (Å²) in [6.45, 7) is 0. The van der Waals surface area contributed by atoms with Crippen LogP contribution in [-0.2, 0) is 6.18 Å². The number of nitrogens with one attached hydrogen (secondary N) is 1. The van der Waals surface area contributed by atoms with Gasteiger partial charge in [-0.2, -0.15) is 13.2 Å². The minimum atomic E-state index is -4.88. The van der Waals surface area contributed by atoms with Crippen molar-refractivity contribution in [1.29, 1.82) is 0 Å². The fourth-order valence-corrected chi connectivity index (χ4v) is 4.61.